The highest BCUT2D eigenvalue weighted by atomic mass is 19.5. The molecule has 5 atom stereocenters. The summed E-state index contributed by atoms with van der Waals surface area (Å²) in [5, 5.41) is 0. The van der Waals surface area contributed by atoms with E-state index in [1.807, 2.05) is 9.47 Å². The number of hydrogen-bond donors (Lipinski definition) is 0. The van der Waals surface area contributed by atoms with Crippen molar-refractivity contribution in [3.63, 3.8) is 0 Å². The minimum absolute atomic E-state index is 0.0498. The second-order valence-electron chi connectivity index (χ2n) is 15.3. The lowest BCUT2D eigenvalue weighted by Gasteiger charge is -2.40. The third kappa shape index (κ3) is 16.0. The topological polar surface area (TPSA) is 100 Å². The fraction of sp³-hybridized carbons (Fsp3) is 0.969. The van der Waals surface area contributed by atoms with Crippen molar-refractivity contribution in [3.05, 3.63) is 0 Å². The molecule has 0 spiro atoms. The van der Waals surface area contributed by atoms with Crippen LogP contribution < -0.4 is 0 Å². The van der Waals surface area contributed by atoms with Crippen LogP contribution in [0.2, 0.25) is 0 Å². The summed E-state index contributed by atoms with van der Waals surface area (Å²) < 4.78 is 485. The van der Waals surface area contributed by atoms with Crippen LogP contribution >= 0.6 is 0 Å². The van der Waals surface area contributed by atoms with E-state index in [1.165, 1.54) is 30.2 Å². The molecule has 0 saturated heterocycles. The molecule has 0 aliphatic heterocycles. The van der Waals surface area contributed by atoms with Gasteiger partial charge in [0.25, 0.3) is 0 Å². The van der Waals surface area contributed by atoms with Crippen molar-refractivity contribution in [2.45, 2.75) is 150 Å². The van der Waals surface area contributed by atoms with E-state index in [1.54, 1.807) is 0 Å². The molecule has 0 aliphatic carbocycles. The number of alkyl halides is 34. The van der Waals surface area contributed by atoms with Crippen LogP contribution in [0, 0.1) is 5.41 Å². The van der Waals surface area contributed by atoms with Crippen LogP contribution in [0.15, 0.2) is 0 Å². The predicted molar refractivity (Wildman–Crippen MR) is 167 cm³/mol. The lowest BCUT2D eigenvalue weighted by atomic mass is 9.91. The largest absolute Gasteiger partial charge is 0.478 e. The zero-order chi connectivity index (χ0) is 61.3. The maximum absolute atomic E-state index is 14.9. The van der Waals surface area contributed by atoms with Crippen LogP contribution in [0.25, 0.3) is 0 Å². The third-order valence-electron chi connectivity index (χ3n) is 8.92. The number of rotatable bonds is 29. The normalized spacial score (nSPS) is 19.1. The van der Waals surface area contributed by atoms with E-state index in [0.717, 1.165) is 0 Å². The zero-order valence-corrected chi connectivity index (χ0v) is 36.8. The molecule has 0 bridgehead atoms. The molecule has 0 aromatic rings. The number of carbonyl (C=O) groups excluding carboxylic acids is 1. The van der Waals surface area contributed by atoms with Gasteiger partial charge in [-0.25, -0.2) is 4.74 Å². The quantitative estimate of drug-likeness (QED) is 0.0312. The van der Waals surface area contributed by atoms with Gasteiger partial charge < -0.3 is 23.7 Å². The Hall–Kier alpha value is -3.23. The Morgan fingerprint density at radius 1 is 0.382 bits per heavy atom. The summed E-state index contributed by atoms with van der Waals surface area (Å²) >= 11 is 0. The Balaban J connectivity index is 6.78. The van der Waals surface area contributed by atoms with Crippen molar-refractivity contribution in [3.8, 4) is 0 Å². The van der Waals surface area contributed by atoms with Gasteiger partial charge in [0.2, 0.25) is 0 Å². The number of carbonyl (C=O) groups is 1. The van der Waals surface area contributed by atoms with Crippen molar-refractivity contribution < 1.29 is 197 Å². The van der Waals surface area contributed by atoms with E-state index in [0.29, 0.717) is 6.92 Å². The SMILES string of the molecule is CCC(C)(C)C(=O)OCCCC(C)(OCCOCC(F)(OC(F)(F)C(F)(OC(F)(F)C(F)(F)C(F)(F)F)C(F)(F)F)C(F)(F)F)OCCOC(F)(OC(F)(F)C(F)(OC(F)(F)C(F)(F)C(F)(F)F)C(F)(F)F)C(F)(F)F. The molecule has 0 radical (unpaired) electrons. The van der Waals surface area contributed by atoms with Gasteiger partial charge in [0.1, 0.15) is 6.61 Å². The van der Waals surface area contributed by atoms with Crippen molar-refractivity contribution in [2.24, 2.45) is 5.41 Å². The first kappa shape index (κ1) is 72.8. The molecular formula is C32H30F34O10. The molecule has 10 nitrogen and oxygen atoms in total. The molecule has 0 fully saturated rings. The fourth-order valence-corrected chi connectivity index (χ4v) is 4.25. The Kier molecular flexibility index (Phi) is 21.8. The molecule has 456 valence electrons. The second kappa shape index (κ2) is 22.7. The summed E-state index contributed by atoms with van der Waals surface area (Å²) in [6, 6.07) is -7.09. The molecule has 0 saturated carbocycles. The smallest absolute Gasteiger partial charge is 0.465 e. The first-order valence-electron chi connectivity index (χ1n) is 18.8. The van der Waals surface area contributed by atoms with Crippen LogP contribution in [0.4, 0.5) is 149 Å². The highest BCUT2D eigenvalue weighted by molar-refractivity contribution is 5.75. The molecular weight excluding hydrogens is 1190 g/mol. The molecule has 5 unspecified atom stereocenters. The van der Waals surface area contributed by atoms with E-state index >= 15 is 0 Å². The van der Waals surface area contributed by atoms with Crippen LogP contribution in [-0.4, -0.2) is 148 Å². The lowest BCUT2D eigenvalue weighted by Crippen LogP contribution is -2.67. The van der Waals surface area contributed by atoms with Gasteiger partial charge >= 0.3 is 103 Å². The Morgan fingerprint density at radius 2 is 0.737 bits per heavy atom. The maximum atomic E-state index is 14.9. The van der Waals surface area contributed by atoms with Gasteiger partial charge in [0.15, 0.2) is 5.79 Å². The Labute approximate surface area is 398 Å². The van der Waals surface area contributed by atoms with E-state index in [4.69, 9.17) is 14.2 Å². The average Bonchev–Trinajstić information content (AvgIpc) is 3.17. The summed E-state index contributed by atoms with van der Waals surface area (Å²) in [6.07, 6.45) is -81.2. The first-order chi connectivity index (χ1) is 32.9. The number of hydrogen-bond acceptors (Lipinski definition) is 10. The standard InChI is InChI=1S/C32H30F34O10/c1-5-15(2,3)14(67)69-8-6-7-16(4,71-11-12-72-32(66,27(55,56)57)76-31(64,65)21(39,26(52,53)54)75-29(60,61)19(36,37)24(46,47)48)70-10-9-68-13-17(33,22(40,41)42)73-30(62,63)20(38,25(49,50)51)74-28(58,59)18(34,35)23(43,44)45/h5-13H2,1-4H3. The number of ether oxygens (including phenoxy) is 9. The molecule has 0 aromatic heterocycles. The van der Waals surface area contributed by atoms with Crippen LogP contribution in [0.3, 0.4) is 0 Å². The van der Waals surface area contributed by atoms with E-state index in [-0.39, 0.29) is 6.42 Å². The van der Waals surface area contributed by atoms with Crippen LogP contribution in [-0.2, 0) is 47.4 Å². The molecule has 76 heavy (non-hydrogen) atoms. The third-order valence-corrected chi connectivity index (χ3v) is 8.92. The van der Waals surface area contributed by atoms with Gasteiger partial charge in [-0.2, -0.15) is 149 Å². The zero-order valence-electron chi connectivity index (χ0n) is 36.8. The molecule has 0 aromatic carbocycles. The maximum Gasteiger partial charge on any atom is 0.478 e. The highest BCUT2D eigenvalue weighted by Gasteiger charge is 2.87. The minimum atomic E-state index is -8.34. The Morgan fingerprint density at radius 3 is 1.07 bits per heavy atom. The van der Waals surface area contributed by atoms with Crippen molar-refractivity contribution in [1.82, 2.24) is 0 Å². The monoisotopic (exact) mass is 1220 g/mol. The van der Waals surface area contributed by atoms with Gasteiger partial charge in [-0.1, -0.05) is 6.92 Å². The van der Waals surface area contributed by atoms with Gasteiger partial charge in [0.05, 0.1) is 38.4 Å². The molecule has 44 heteroatoms. The molecule has 0 aliphatic rings. The molecule has 0 heterocycles. The van der Waals surface area contributed by atoms with Gasteiger partial charge in [-0.15, -0.1) is 0 Å². The Bertz CT molecular complexity index is 1880. The van der Waals surface area contributed by atoms with Crippen molar-refractivity contribution in [2.75, 3.05) is 39.6 Å². The van der Waals surface area contributed by atoms with Crippen LogP contribution in [0.5, 0.6) is 0 Å². The van der Waals surface area contributed by atoms with Crippen molar-refractivity contribution in [1.29, 1.82) is 0 Å². The summed E-state index contributed by atoms with van der Waals surface area (Å²) in [5.74, 6) is -43.5. The molecule has 0 amide bonds. The van der Waals surface area contributed by atoms with Gasteiger partial charge in [-0.05, 0) is 33.6 Å². The predicted octanol–water partition coefficient (Wildman–Crippen LogP) is 13.2. The summed E-state index contributed by atoms with van der Waals surface area (Å²) in [7, 11) is 0. The highest BCUT2D eigenvalue weighted by Crippen LogP contribution is 2.59. The lowest BCUT2D eigenvalue weighted by molar-refractivity contribution is -0.573. The van der Waals surface area contributed by atoms with Crippen molar-refractivity contribution >= 4 is 5.97 Å². The van der Waals surface area contributed by atoms with Gasteiger partial charge in [0, 0.05) is 6.42 Å². The van der Waals surface area contributed by atoms with E-state index < -0.39 is 167 Å². The summed E-state index contributed by atoms with van der Waals surface area (Å²) in [5.41, 5.74) is -1.28. The van der Waals surface area contributed by atoms with E-state index in [9.17, 15) is 154 Å². The molecule has 0 rings (SSSR count). The number of halogens is 34. The molecule has 0 N–H and O–H groups in total. The minimum Gasteiger partial charge on any atom is -0.465 e. The van der Waals surface area contributed by atoms with E-state index in [2.05, 4.69) is 9.47 Å². The second-order valence-corrected chi connectivity index (χ2v) is 15.3. The first-order valence-corrected chi connectivity index (χ1v) is 18.8. The van der Waals surface area contributed by atoms with Gasteiger partial charge in [-0.3, -0.25) is 19.0 Å². The van der Waals surface area contributed by atoms with Crippen LogP contribution in [0.1, 0.15) is 47.0 Å². The summed E-state index contributed by atoms with van der Waals surface area (Å²) in [4.78, 5) is 12.2. The number of esters is 1. The summed E-state index contributed by atoms with van der Waals surface area (Å²) in [6.45, 7) is -8.00. The average molecular weight is 1220 g/mol. The fourth-order valence-electron chi connectivity index (χ4n) is 4.25.